The van der Waals surface area contributed by atoms with Gasteiger partial charge < -0.3 is 5.11 Å². The zero-order chi connectivity index (χ0) is 8.15. The van der Waals surface area contributed by atoms with Crippen LogP contribution >= 0.6 is 0 Å². The van der Waals surface area contributed by atoms with E-state index >= 15 is 0 Å². The maximum atomic E-state index is 10.4. The first-order valence-electron chi connectivity index (χ1n) is 2.95. The summed E-state index contributed by atoms with van der Waals surface area (Å²) in [7, 11) is 0. The number of rotatable bonds is 1. The summed E-state index contributed by atoms with van der Waals surface area (Å²) >= 11 is 0. The van der Waals surface area contributed by atoms with Crippen molar-refractivity contribution >= 4 is 11.6 Å². The van der Waals surface area contributed by atoms with Crippen LogP contribution in [-0.2, 0) is 4.79 Å². The molecule has 0 aliphatic carbocycles. The van der Waals surface area contributed by atoms with Gasteiger partial charge in [0.15, 0.2) is 0 Å². The van der Waals surface area contributed by atoms with Gasteiger partial charge in [-0.15, -0.1) is 0 Å². The number of nitrogens with zero attached hydrogens (tertiary/aromatic N) is 1. The molecule has 0 saturated heterocycles. The lowest BCUT2D eigenvalue weighted by molar-refractivity contribution is -0.115. The number of aliphatic hydroxyl groups is 1. The number of hydrogen-bond acceptors (Lipinski definition) is 2. The smallest absolute Gasteiger partial charge is 0.242 e. The van der Waals surface area contributed by atoms with Crippen LogP contribution in [-0.4, -0.2) is 16.7 Å². The van der Waals surface area contributed by atoms with Gasteiger partial charge in [0.2, 0.25) is 5.91 Å². The molecule has 0 atom stereocenters. The van der Waals surface area contributed by atoms with E-state index in [-0.39, 0.29) is 5.91 Å². The molecule has 10 heavy (non-hydrogen) atoms. The van der Waals surface area contributed by atoms with E-state index in [9.17, 15) is 4.79 Å². The van der Waals surface area contributed by atoms with E-state index in [2.05, 4.69) is 4.99 Å². The summed E-state index contributed by atoms with van der Waals surface area (Å²) in [4.78, 5) is 14.0. The standard InChI is InChI=1S/C7H11NO2/c1-5(4-9)6(2)8-7(3)10/h4,9H,1-3H3/b5-4+,8-6?. The summed E-state index contributed by atoms with van der Waals surface area (Å²) in [6, 6.07) is 0. The van der Waals surface area contributed by atoms with E-state index in [1.165, 1.54) is 6.92 Å². The molecule has 1 N–H and O–H groups in total. The third kappa shape index (κ3) is 3.02. The minimum atomic E-state index is -0.251. The summed E-state index contributed by atoms with van der Waals surface area (Å²) < 4.78 is 0. The SMILES string of the molecule is CC(=O)N=C(C)/C(C)=C/O. The second-order valence-corrected chi connectivity index (χ2v) is 2.03. The van der Waals surface area contributed by atoms with Crippen LogP contribution in [0.25, 0.3) is 0 Å². The maximum absolute atomic E-state index is 10.4. The lowest BCUT2D eigenvalue weighted by atomic mass is 10.2. The molecule has 56 valence electrons. The van der Waals surface area contributed by atoms with Crippen LogP contribution in [0.3, 0.4) is 0 Å². The largest absolute Gasteiger partial charge is 0.515 e. The molecule has 0 radical (unpaired) electrons. The highest BCUT2D eigenvalue weighted by Crippen LogP contribution is 1.94. The van der Waals surface area contributed by atoms with Gasteiger partial charge in [-0.2, -0.15) is 0 Å². The molecular weight excluding hydrogens is 130 g/mol. The van der Waals surface area contributed by atoms with E-state index in [4.69, 9.17) is 5.11 Å². The first kappa shape index (κ1) is 8.88. The molecule has 3 heteroatoms. The van der Waals surface area contributed by atoms with Crippen molar-refractivity contribution in [2.45, 2.75) is 20.8 Å². The highest BCUT2D eigenvalue weighted by molar-refractivity contribution is 6.03. The van der Waals surface area contributed by atoms with Crippen LogP contribution in [0, 0.1) is 0 Å². The molecule has 0 unspecified atom stereocenters. The Labute approximate surface area is 60.1 Å². The van der Waals surface area contributed by atoms with E-state index in [1.807, 2.05) is 0 Å². The van der Waals surface area contributed by atoms with Crippen molar-refractivity contribution in [3.8, 4) is 0 Å². The van der Waals surface area contributed by atoms with E-state index in [1.54, 1.807) is 13.8 Å². The number of hydrogen-bond donors (Lipinski definition) is 1. The van der Waals surface area contributed by atoms with E-state index in [0.717, 1.165) is 6.26 Å². The summed E-state index contributed by atoms with van der Waals surface area (Å²) in [6.45, 7) is 4.72. The molecule has 0 heterocycles. The lowest BCUT2D eigenvalue weighted by Crippen LogP contribution is -1.97. The molecule has 0 aromatic rings. The second kappa shape index (κ2) is 3.82. The van der Waals surface area contributed by atoms with Gasteiger partial charge in [-0.1, -0.05) is 0 Å². The van der Waals surface area contributed by atoms with Gasteiger partial charge in [0, 0.05) is 18.2 Å². The van der Waals surface area contributed by atoms with Crippen LogP contribution in [0.2, 0.25) is 0 Å². The highest BCUT2D eigenvalue weighted by atomic mass is 16.2. The van der Waals surface area contributed by atoms with E-state index in [0.29, 0.717) is 11.3 Å². The number of allylic oxidation sites excluding steroid dienone is 1. The fourth-order valence-electron chi connectivity index (χ4n) is 0.418. The Morgan fingerprint density at radius 3 is 2.20 bits per heavy atom. The average Bonchev–Trinajstić information content (AvgIpc) is 1.85. The molecule has 0 saturated carbocycles. The van der Waals surface area contributed by atoms with Crippen molar-refractivity contribution in [1.82, 2.24) is 0 Å². The predicted octanol–water partition coefficient (Wildman–Crippen LogP) is 1.46. The zero-order valence-corrected chi connectivity index (χ0v) is 6.38. The number of carbonyl (C=O) groups excluding carboxylic acids is 1. The summed E-state index contributed by atoms with van der Waals surface area (Å²) in [6.07, 6.45) is 0.932. The molecule has 0 aliphatic rings. The Hall–Kier alpha value is -1.12. The van der Waals surface area contributed by atoms with Crippen LogP contribution in [0.5, 0.6) is 0 Å². The minimum absolute atomic E-state index is 0.251. The van der Waals surface area contributed by atoms with Crippen molar-refractivity contribution in [3.63, 3.8) is 0 Å². The quantitative estimate of drug-likeness (QED) is 0.444. The van der Waals surface area contributed by atoms with Crippen LogP contribution in [0.15, 0.2) is 16.8 Å². The molecule has 0 aliphatic heterocycles. The number of carbonyl (C=O) groups is 1. The first-order chi connectivity index (χ1) is 4.57. The van der Waals surface area contributed by atoms with Crippen molar-refractivity contribution in [2.24, 2.45) is 4.99 Å². The van der Waals surface area contributed by atoms with Gasteiger partial charge in [0.1, 0.15) is 0 Å². The van der Waals surface area contributed by atoms with Gasteiger partial charge in [-0.3, -0.25) is 4.79 Å². The predicted molar refractivity (Wildman–Crippen MR) is 40.2 cm³/mol. The molecular formula is C7H11NO2. The Morgan fingerprint density at radius 2 is 1.90 bits per heavy atom. The van der Waals surface area contributed by atoms with Gasteiger partial charge in [-0.05, 0) is 13.8 Å². The third-order valence-corrected chi connectivity index (χ3v) is 1.09. The average molecular weight is 141 g/mol. The Kier molecular flexibility index (Phi) is 3.39. The Morgan fingerprint density at radius 1 is 1.40 bits per heavy atom. The van der Waals surface area contributed by atoms with Crippen LogP contribution < -0.4 is 0 Å². The van der Waals surface area contributed by atoms with Crippen molar-refractivity contribution in [1.29, 1.82) is 0 Å². The number of aliphatic hydroxyl groups excluding tert-OH is 1. The maximum Gasteiger partial charge on any atom is 0.242 e. The number of aliphatic imine (C=N–C) groups is 1. The van der Waals surface area contributed by atoms with Crippen molar-refractivity contribution in [2.75, 3.05) is 0 Å². The molecule has 0 fully saturated rings. The van der Waals surface area contributed by atoms with Gasteiger partial charge >= 0.3 is 0 Å². The zero-order valence-electron chi connectivity index (χ0n) is 6.38. The molecule has 0 bridgehead atoms. The molecule has 0 rings (SSSR count). The molecule has 0 spiro atoms. The number of amides is 1. The lowest BCUT2D eigenvalue weighted by Gasteiger charge is -1.94. The topological polar surface area (TPSA) is 49.7 Å². The summed E-state index contributed by atoms with van der Waals surface area (Å²) in [5.41, 5.74) is 1.16. The Balaban J connectivity index is 4.35. The van der Waals surface area contributed by atoms with Crippen molar-refractivity contribution in [3.05, 3.63) is 11.8 Å². The third-order valence-electron chi connectivity index (χ3n) is 1.09. The molecule has 0 aromatic heterocycles. The first-order valence-corrected chi connectivity index (χ1v) is 2.95. The summed E-state index contributed by atoms with van der Waals surface area (Å²) in [5, 5.41) is 8.46. The fraction of sp³-hybridized carbons (Fsp3) is 0.429. The second-order valence-electron chi connectivity index (χ2n) is 2.03. The van der Waals surface area contributed by atoms with Crippen molar-refractivity contribution < 1.29 is 9.90 Å². The normalized spacial score (nSPS) is 13.5. The summed E-state index contributed by atoms with van der Waals surface area (Å²) in [5.74, 6) is -0.251. The highest BCUT2D eigenvalue weighted by Gasteiger charge is 1.94. The Bertz CT molecular complexity index is 192. The molecule has 1 amide bonds. The van der Waals surface area contributed by atoms with E-state index < -0.39 is 0 Å². The van der Waals surface area contributed by atoms with Crippen LogP contribution in [0.4, 0.5) is 0 Å². The van der Waals surface area contributed by atoms with Gasteiger partial charge in [0.25, 0.3) is 0 Å². The van der Waals surface area contributed by atoms with Gasteiger partial charge in [0.05, 0.1) is 6.26 Å². The molecule has 3 nitrogen and oxygen atoms in total. The van der Waals surface area contributed by atoms with Crippen LogP contribution in [0.1, 0.15) is 20.8 Å². The fourth-order valence-corrected chi connectivity index (χ4v) is 0.418. The monoisotopic (exact) mass is 141 g/mol. The van der Waals surface area contributed by atoms with Gasteiger partial charge in [-0.25, -0.2) is 4.99 Å². The molecule has 0 aromatic carbocycles. The minimum Gasteiger partial charge on any atom is -0.515 e.